The summed E-state index contributed by atoms with van der Waals surface area (Å²) >= 11 is 0. The number of nitriles is 1. The van der Waals surface area contributed by atoms with Gasteiger partial charge in [0, 0.05) is 36.8 Å². The number of hydrogen-bond acceptors (Lipinski definition) is 7. The zero-order valence-electron chi connectivity index (χ0n) is 16.7. The summed E-state index contributed by atoms with van der Waals surface area (Å²) in [7, 11) is 0. The number of fused-ring (bicyclic) bond motifs is 1. The van der Waals surface area contributed by atoms with E-state index in [4.69, 9.17) is 10.7 Å². The van der Waals surface area contributed by atoms with Crippen LogP contribution in [-0.4, -0.2) is 39.2 Å². The maximum Gasteiger partial charge on any atom is 0.165 e. The van der Waals surface area contributed by atoms with Crippen LogP contribution in [0.3, 0.4) is 0 Å². The fourth-order valence-electron chi connectivity index (χ4n) is 4.23. The van der Waals surface area contributed by atoms with E-state index in [0.717, 1.165) is 54.0 Å². The van der Waals surface area contributed by atoms with Crippen molar-refractivity contribution < 1.29 is 0 Å². The molecule has 0 aliphatic carbocycles. The van der Waals surface area contributed by atoms with Crippen LogP contribution in [0.2, 0.25) is 0 Å². The highest BCUT2D eigenvalue weighted by Crippen LogP contribution is 2.28. The van der Waals surface area contributed by atoms with Crippen LogP contribution >= 0.6 is 0 Å². The third-order valence-electron chi connectivity index (χ3n) is 5.84. The summed E-state index contributed by atoms with van der Waals surface area (Å²) in [5.41, 5.74) is 15.3. The summed E-state index contributed by atoms with van der Waals surface area (Å²) in [5, 5.41) is 19.3. The van der Waals surface area contributed by atoms with Crippen molar-refractivity contribution in [2.75, 3.05) is 25.4 Å². The molecule has 30 heavy (non-hydrogen) atoms. The number of nitrogens with zero attached hydrogens (tertiary/aromatic N) is 5. The molecule has 1 aromatic carbocycles. The Bertz CT molecular complexity index is 1150. The van der Waals surface area contributed by atoms with Crippen molar-refractivity contribution in [1.29, 1.82) is 5.26 Å². The zero-order chi connectivity index (χ0) is 20.5. The van der Waals surface area contributed by atoms with Crippen LogP contribution in [0.25, 0.3) is 11.2 Å². The minimum Gasteiger partial charge on any atom is -0.384 e. The number of nitrogens with one attached hydrogen (secondary N) is 2. The number of nitrogens with two attached hydrogens (primary N) is 1. The molecule has 0 spiro atoms. The molecular formula is C22H24N8. The standard InChI is InChI=1S/C22H24N8/c23-9-15-4-1-2-5-17(15)13-29-14-18(11-26-29)19-12-27-30-21(24)8-20(28-22(19)30)16-6-3-7-25-10-16/h1-2,4-5,8,12,14,16,25-26H,3,6-7,10-11,13,24H2. The number of hydrogen-bond donors (Lipinski definition) is 3. The van der Waals surface area contributed by atoms with Crippen LogP contribution in [0.1, 0.15) is 41.1 Å². The van der Waals surface area contributed by atoms with Gasteiger partial charge < -0.3 is 16.1 Å². The Kier molecular flexibility index (Phi) is 4.83. The van der Waals surface area contributed by atoms with E-state index in [0.29, 0.717) is 30.4 Å². The third-order valence-corrected chi connectivity index (χ3v) is 5.84. The minimum absolute atomic E-state index is 0.378. The van der Waals surface area contributed by atoms with Gasteiger partial charge in [0.1, 0.15) is 5.82 Å². The molecule has 4 heterocycles. The monoisotopic (exact) mass is 400 g/mol. The van der Waals surface area contributed by atoms with Gasteiger partial charge in [0.25, 0.3) is 0 Å². The largest absolute Gasteiger partial charge is 0.384 e. The number of piperidine rings is 1. The first-order valence-corrected chi connectivity index (χ1v) is 10.3. The Morgan fingerprint density at radius 2 is 2.20 bits per heavy atom. The predicted molar refractivity (Wildman–Crippen MR) is 115 cm³/mol. The van der Waals surface area contributed by atoms with Crippen molar-refractivity contribution in [3.8, 4) is 6.07 Å². The highest BCUT2D eigenvalue weighted by atomic mass is 15.5. The lowest BCUT2D eigenvalue weighted by molar-refractivity contribution is 0.298. The second kappa shape index (κ2) is 7.78. The molecule has 1 atom stereocenters. The first-order chi connectivity index (χ1) is 14.7. The molecule has 1 unspecified atom stereocenters. The topological polar surface area (TPSA) is 107 Å². The molecular weight excluding hydrogens is 376 g/mol. The molecule has 152 valence electrons. The Labute approximate surface area is 175 Å². The smallest absolute Gasteiger partial charge is 0.165 e. The van der Waals surface area contributed by atoms with Crippen molar-refractivity contribution in [2.24, 2.45) is 0 Å². The molecule has 8 nitrogen and oxygen atoms in total. The van der Waals surface area contributed by atoms with E-state index in [2.05, 4.69) is 28.1 Å². The molecule has 0 bridgehead atoms. The second-order valence-electron chi connectivity index (χ2n) is 7.83. The van der Waals surface area contributed by atoms with Gasteiger partial charge in [0.15, 0.2) is 5.65 Å². The van der Waals surface area contributed by atoms with E-state index >= 15 is 0 Å². The van der Waals surface area contributed by atoms with E-state index in [1.54, 1.807) is 4.52 Å². The van der Waals surface area contributed by atoms with Crippen molar-refractivity contribution in [1.82, 2.24) is 30.3 Å². The lowest BCUT2D eigenvalue weighted by atomic mass is 9.96. The Balaban J connectivity index is 1.45. The maximum absolute atomic E-state index is 9.33. The van der Waals surface area contributed by atoms with Crippen molar-refractivity contribution in [3.63, 3.8) is 0 Å². The highest BCUT2D eigenvalue weighted by Gasteiger charge is 2.22. The van der Waals surface area contributed by atoms with Gasteiger partial charge in [-0.15, -0.1) is 0 Å². The molecule has 1 saturated heterocycles. The summed E-state index contributed by atoms with van der Waals surface area (Å²) in [4.78, 5) is 4.95. The van der Waals surface area contributed by atoms with Crippen molar-refractivity contribution >= 4 is 17.0 Å². The number of benzene rings is 1. The van der Waals surface area contributed by atoms with Crippen LogP contribution in [0.5, 0.6) is 0 Å². The fraction of sp³-hybridized carbons (Fsp3) is 0.318. The number of anilines is 1. The highest BCUT2D eigenvalue weighted by molar-refractivity contribution is 5.78. The lowest BCUT2D eigenvalue weighted by Gasteiger charge is -2.22. The second-order valence-corrected chi connectivity index (χ2v) is 7.83. The van der Waals surface area contributed by atoms with E-state index < -0.39 is 0 Å². The van der Waals surface area contributed by atoms with Gasteiger partial charge in [-0.05, 0) is 36.6 Å². The Morgan fingerprint density at radius 1 is 1.30 bits per heavy atom. The van der Waals surface area contributed by atoms with Gasteiger partial charge in [0.05, 0.1) is 30.1 Å². The van der Waals surface area contributed by atoms with Gasteiger partial charge in [-0.2, -0.15) is 14.9 Å². The maximum atomic E-state index is 9.33. The average molecular weight is 400 g/mol. The number of hydrazine groups is 1. The first-order valence-electron chi connectivity index (χ1n) is 10.3. The lowest BCUT2D eigenvalue weighted by Crippen LogP contribution is -2.29. The van der Waals surface area contributed by atoms with E-state index in [9.17, 15) is 5.26 Å². The average Bonchev–Trinajstić information content (AvgIpc) is 3.42. The molecule has 2 aliphatic rings. The summed E-state index contributed by atoms with van der Waals surface area (Å²) < 4.78 is 1.71. The van der Waals surface area contributed by atoms with Crippen LogP contribution in [-0.2, 0) is 6.54 Å². The normalized spacial score (nSPS) is 19.1. The summed E-state index contributed by atoms with van der Waals surface area (Å²) in [6.07, 6.45) is 6.17. The predicted octanol–water partition coefficient (Wildman–Crippen LogP) is 2.01. The van der Waals surface area contributed by atoms with Crippen LogP contribution in [0.15, 0.2) is 42.7 Å². The SMILES string of the molecule is N#Cc1ccccc1CN1C=C(c2cnn3c(N)cc(C4CCCNC4)nc23)CN1. The molecule has 0 amide bonds. The molecule has 0 radical (unpaired) electrons. The van der Waals surface area contributed by atoms with Gasteiger partial charge >= 0.3 is 0 Å². The van der Waals surface area contributed by atoms with Crippen molar-refractivity contribution in [2.45, 2.75) is 25.3 Å². The Hall–Kier alpha value is -3.41. The molecule has 2 aliphatic heterocycles. The fourth-order valence-corrected chi connectivity index (χ4v) is 4.23. The number of nitrogen functional groups attached to an aromatic ring is 1. The quantitative estimate of drug-likeness (QED) is 0.615. The molecule has 5 rings (SSSR count). The van der Waals surface area contributed by atoms with Gasteiger partial charge in [0.2, 0.25) is 0 Å². The number of rotatable bonds is 4. The van der Waals surface area contributed by atoms with E-state index in [1.807, 2.05) is 41.5 Å². The summed E-state index contributed by atoms with van der Waals surface area (Å²) in [6.45, 7) is 3.28. The van der Waals surface area contributed by atoms with Crippen LogP contribution in [0.4, 0.5) is 5.82 Å². The Morgan fingerprint density at radius 3 is 3.03 bits per heavy atom. The first kappa shape index (κ1) is 18.6. The minimum atomic E-state index is 0.378. The zero-order valence-corrected chi connectivity index (χ0v) is 16.7. The molecule has 3 aromatic rings. The number of aromatic nitrogens is 3. The third kappa shape index (κ3) is 3.38. The summed E-state index contributed by atoms with van der Waals surface area (Å²) in [6, 6.07) is 11.9. The molecule has 4 N–H and O–H groups in total. The van der Waals surface area contributed by atoms with Crippen molar-refractivity contribution in [3.05, 3.63) is 65.1 Å². The molecule has 8 heteroatoms. The van der Waals surface area contributed by atoms with Gasteiger partial charge in [-0.25, -0.2) is 10.4 Å². The van der Waals surface area contributed by atoms with Gasteiger partial charge in [-0.3, -0.25) is 0 Å². The summed E-state index contributed by atoms with van der Waals surface area (Å²) in [5.74, 6) is 0.988. The molecule has 1 fully saturated rings. The van der Waals surface area contributed by atoms with Crippen LogP contribution < -0.4 is 16.5 Å². The molecule has 0 saturated carbocycles. The van der Waals surface area contributed by atoms with Crippen LogP contribution in [0, 0.1) is 11.3 Å². The van der Waals surface area contributed by atoms with Gasteiger partial charge in [-0.1, -0.05) is 18.2 Å². The molecule has 2 aromatic heterocycles. The van der Waals surface area contributed by atoms with E-state index in [1.165, 1.54) is 0 Å². The van der Waals surface area contributed by atoms with E-state index in [-0.39, 0.29) is 0 Å².